The zero-order chi connectivity index (χ0) is 18.1. The molecule has 2 N–H and O–H groups in total. The van der Waals surface area contributed by atoms with E-state index in [9.17, 15) is 13.2 Å². The summed E-state index contributed by atoms with van der Waals surface area (Å²) in [5.41, 5.74) is 5.68. The van der Waals surface area contributed by atoms with Crippen LogP contribution < -0.4 is 5.73 Å². The molecule has 1 heterocycles. The number of hydrogen-bond acceptors (Lipinski definition) is 4. The van der Waals surface area contributed by atoms with Gasteiger partial charge in [-0.25, -0.2) is 8.42 Å². The minimum absolute atomic E-state index is 0.137. The van der Waals surface area contributed by atoms with Gasteiger partial charge in [0.1, 0.15) is 0 Å². The fraction of sp³-hybridized carbons (Fsp3) is 0.562. The smallest absolute Gasteiger partial charge is 0.243 e. The van der Waals surface area contributed by atoms with Crippen LogP contribution in [0.15, 0.2) is 29.2 Å². The van der Waals surface area contributed by atoms with Gasteiger partial charge in [-0.15, -0.1) is 0 Å². The second-order valence-corrected chi connectivity index (χ2v) is 9.40. The molecule has 0 spiro atoms. The predicted octanol–water partition coefficient (Wildman–Crippen LogP) is 1.55. The number of halogens is 1. The number of piperazine rings is 1. The number of amides is 1. The maximum Gasteiger partial charge on any atom is 0.243 e. The van der Waals surface area contributed by atoms with Crippen LogP contribution in [0.1, 0.15) is 20.8 Å². The van der Waals surface area contributed by atoms with E-state index in [2.05, 4.69) is 0 Å². The van der Waals surface area contributed by atoms with Crippen LogP contribution in [0.25, 0.3) is 0 Å². The van der Waals surface area contributed by atoms with Gasteiger partial charge >= 0.3 is 0 Å². The van der Waals surface area contributed by atoms with Gasteiger partial charge in [-0.3, -0.25) is 4.79 Å². The highest BCUT2D eigenvalue weighted by atomic mass is 35.5. The van der Waals surface area contributed by atoms with Crippen LogP contribution in [0.2, 0.25) is 5.02 Å². The highest BCUT2D eigenvalue weighted by Crippen LogP contribution is 2.23. The summed E-state index contributed by atoms with van der Waals surface area (Å²) in [6, 6.07) is 5.59. The number of hydrogen-bond donors (Lipinski definition) is 1. The lowest BCUT2D eigenvalue weighted by molar-refractivity contribution is -0.136. The zero-order valence-corrected chi connectivity index (χ0v) is 15.8. The fourth-order valence-electron chi connectivity index (χ4n) is 2.49. The van der Waals surface area contributed by atoms with E-state index in [1.807, 2.05) is 20.8 Å². The Bertz CT molecular complexity index is 708. The van der Waals surface area contributed by atoms with Gasteiger partial charge in [0.25, 0.3) is 0 Å². The summed E-state index contributed by atoms with van der Waals surface area (Å²) >= 11 is 5.88. The molecule has 2 rings (SSSR count). The molecule has 1 aromatic rings. The van der Waals surface area contributed by atoms with E-state index >= 15 is 0 Å². The minimum Gasteiger partial charge on any atom is -0.339 e. The number of rotatable bonds is 3. The van der Waals surface area contributed by atoms with Gasteiger partial charge in [-0.2, -0.15) is 4.31 Å². The van der Waals surface area contributed by atoms with Crippen molar-refractivity contribution in [3.63, 3.8) is 0 Å². The van der Waals surface area contributed by atoms with Gasteiger partial charge in [0, 0.05) is 31.2 Å². The van der Waals surface area contributed by atoms with Gasteiger partial charge in [0.15, 0.2) is 0 Å². The summed E-state index contributed by atoms with van der Waals surface area (Å²) in [5, 5.41) is 0.376. The molecule has 1 aliphatic heterocycles. The fourth-order valence-corrected chi connectivity index (χ4v) is 4.22. The molecule has 1 amide bonds. The van der Waals surface area contributed by atoms with Crippen LogP contribution in [0.3, 0.4) is 0 Å². The second-order valence-electron chi connectivity index (χ2n) is 7.03. The SMILES string of the molecule is CC(C)(C)[C@H](N)C(=O)N1CCN(S(=O)(=O)c2cccc(Cl)c2)CC1. The molecule has 134 valence electrons. The summed E-state index contributed by atoms with van der Waals surface area (Å²) in [5.74, 6) is -0.137. The number of sulfonamides is 1. The summed E-state index contributed by atoms with van der Waals surface area (Å²) in [6.45, 7) is 6.90. The third kappa shape index (κ3) is 4.08. The zero-order valence-electron chi connectivity index (χ0n) is 14.2. The molecule has 0 radical (unpaired) electrons. The van der Waals surface area contributed by atoms with Crippen molar-refractivity contribution in [3.8, 4) is 0 Å². The maximum absolute atomic E-state index is 12.6. The van der Waals surface area contributed by atoms with Crippen LogP contribution in [-0.4, -0.2) is 55.8 Å². The van der Waals surface area contributed by atoms with Crippen LogP contribution in [0, 0.1) is 5.41 Å². The Kier molecular flexibility index (Phi) is 5.59. The molecule has 1 aliphatic rings. The highest BCUT2D eigenvalue weighted by Gasteiger charge is 2.35. The summed E-state index contributed by atoms with van der Waals surface area (Å²) in [7, 11) is -3.60. The number of nitrogens with zero attached hydrogens (tertiary/aromatic N) is 2. The van der Waals surface area contributed by atoms with Gasteiger partial charge in [0.2, 0.25) is 15.9 Å². The molecule has 0 unspecified atom stereocenters. The Balaban J connectivity index is 2.06. The van der Waals surface area contributed by atoms with E-state index in [1.165, 1.54) is 16.4 Å². The number of carbonyl (C=O) groups excluding carboxylic acids is 1. The Morgan fingerprint density at radius 2 is 1.79 bits per heavy atom. The first kappa shape index (κ1) is 19.2. The van der Waals surface area contributed by atoms with Crippen molar-refractivity contribution in [1.82, 2.24) is 9.21 Å². The van der Waals surface area contributed by atoms with Crippen molar-refractivity contribution >= 4 is 27.5 Å². The first-order valence-corrected chi connectivity index (χ1v) is 9.65. The van der Waals surface area contributed by atoms with Crippen LogP contribution in [0.5, 0.6) is 0 Å². The first-order valence-electron chi connectivity index (χ1n) is 7.83. The van der Waals surface area contributed by atoms with Crippen LogP contribution in [0.4, 0.5) is 0 Å². The molecule has 8 heteroatoms. The quantitative estimate of drug-likeness (QED) is 0.871. The Morgan fingerprint density at radius 3 is 2.29 bits per heavy atom. The molecule has 1 atom stereocenters. The van der Waals surface area contributed by atoms with Crippen LogP contribution >= 0.6 is 11.6 Å². The number of nitrogens with two attached hydrogens (primary N) is 1. The first-order chi connectivity index (χ1) is 11.0. The molecule has 1 saturated heterocycles. The lowest BCUT2D eigenvalue weighted by Crippen LogP contribution is -2.56. The molecule has 0 saturated carbocycles. The lowest BCUT2D eigenvalue weighted by Gasteiger charge is -2.37. The molecule has 0 bridgehead atoms. The topological polar surface area (TPSA) is 83.7 Å². The third-order valence-electron chi connectivity index (χ3n) is 4.18. The molecule has 6 nitrogen and oxygen atoms in total. The van der Waals surface area contributed by atoms with Crippen molar-refractivity contribution in [2.75, 3.05) is 26.2 Å². The summed E-state index contributed by atoms with van der Waals surface area (Å²) in [4.78, 5) is 14.2. The minimum atomic E-state index is -3.60. The van der Waals surface area contributed by atoms with E-state index in [0.717, 1.165) is 0 Å². The molecular weight excluding hydrogens is 350 g/mol. The third-order valence-corrected chi connectivity index (χ3v) is 6.31. The number of benzene rings is 1. The Morgan fingerprint density at radius 1 is 1.21 bits per heavy atom. The van der Waals surface area contributed by atoms with Crippen molar-refractivity contribution < 1.29 is 13.2 Å². The molecular formula is C16H24ClN3O3S. The van der Waals surface area contributed by atoms with Crippen molar-refractivity contribution in [2.24, 2.45) is 11.1 Å². The average Bonchev–Trinajstić information content (AvgIpc) is 2.52. The van der Waals surface area contributed by atoms with Gasteiger partial charge in [-0.05, 0) is 23.6 Å². The normalized spacial score (nSPS) is 18.5. The Labute approximate surface area is 148 Å². The highest BCUT2D eigenvalue weighted by molar-refractivity contribution is 7.89. The number of carbonyl (C=O) groups is 1. The molecule has 1 aromatic carbocycles. The maximum atomic E-state index is 12.6. The van der Waals surface area contributed by atoms with Crippen molar-refractivity contribution in [1.29, 1.82) is 0 Å². The van der Waals surface area contributed by atoms with Gasteiger partial charge < -0.3 is 10.6 Å². The van der Waals surface area contributed by atoms with E-state index in [1.54, 1.807) is 17.0 Å². The van der Waals surface area contributed by atoms with Crippen molar-refractivity contribution in [2.45, 2.75) is 31.7 Å². The molecule has 1 fully saturated rings. The molecule has 0 aliphatic carbocycles. The summed E-state index contributed by atoms with van der Waals surface area (Å²) < 4.78 is 26.7. The lowest BCUT2D eigenvalue weighted by atomic mass is 9.86. The van der Waals surface area contributed by atoms with E-state index < -0.39 is 16.1 Å². The molecule has 24 heavy (non-hydrogen) atoms. The van der Waals surface area contributed by atoms with E-state index in [0.29, 0.717) is 18.1 Å². The standard InChI is InChI=1S/C16H24ClN3O3S/c1-16(2,3)14(18)15(21)19-7-9-20(10-8-19)24(22,23)13-6-4-5-12(17)11-13/h4-6,11,14H,7-10,18H2,1-3H3/t14-/m1/s1. The van der Waals surface area contributed by atoms with Crippen molar-refractivity contribution in [3.05, 3.63) is 29.3 Å². The monoisotopic (exact) mass is 373 g/mol. The summed E-state index contributed by atoms with van der Waals surface area (Å²) in [6.07, 6.45) is 0. The van der Waals surface area contributed by atoms with Crippen LogP contribution in [-0.2, 0) is 14.8 Å². The van der Waals surface area contributed by atoms with E-state index in [-0.39, 0.29) is 29.3 Å². The van der Waals surface area contributed by atoms with E-state index in [4.69, 9.17) is 17.3 Å². The Hall–Kier alpha value is -1.15. The largest absolute Gasteiger partial charge is 0.339 e. The second kappa shape index (κ2) is 7.00. The average molecular weight is 374 g/mol. The van der Waals surface area contributed by atoms with Gasteiger partial charge in [0.05, 0.1) is 10.9 Å². The van der Waals surface area contributed by atoms with Gasteiger partial charge in [-0.1, -0.05) is 38.4 Å². The predicted molar refractivity (Wildman–Crippen MR) is 94.2 cm³/mol. The molecule has 0 aromatic heterocycles.